The Kier molecular flexibility index (Phi) is 5.88. The van der Waals surface area contributed by atoms with Crippen LogP contribution in [0.3, 0.4) is 0 Å². The molecule has 0 aliphatic rings. The van der Waals surface area contributed by atoms with Gasteiger partial charge in [-0.1, -0.05) is 19.1 Å². The van der Waals surface area contributed by atoms with Crippen molar-refractivity contribution >= 4 is 15.9 Å². The van der Waals surface area contributed by atoms with Crippen molar-refractivity contribution in [2.75, 3.05) is 20.6 Å². The van der Waals surface area contributed by atoms with E-state index in [0.717, 1.165) is 0 Å². The van der Waals surface area contributed by atoms with Gasteiger partial charge in [0.05, 0.1) is 17.4 Å². The first-order chi connectivity index (χ1) is 9.80. The van der Waals surface area contributed by atoms with Crippen LogP contribution in [0.4, 0.5) is 0 Å². The van der Waals surface area contributed by atoms with Crippen LogP contribution >= 0.6 is 0 Å². The third-order valence-electron chi connectivity index (χ3n) is 3.13. The van der Waals surface area contributed by atoms with E-state index in [1.54, 1.807) is 31.2 Å². The second-order valence-electron chi connectivity index (χ2n) is 4.86. The van der Waals surface area contributed by atoms with Gasteiger partial charge in [-0.3, -0.25) is 4.79 Å². The number of carbonyl (C=O) groups is 1. The van der Waals surface area contributed by atoms with E-state index in [1.807, 2.05) is 6.07 Å². The fourth-order valence-corrected chi connectivity index (χ4v) is 3.11. The molecule has 1 N–H and O–H groups in total. The summed E-state index contributed by atoms with van der Waals surface area (Å²) in [7, 11) is -0.525. The van der Waals surface area contributed by atoms with Crippen LogP contribution in [0.2, 0.25) is 0 Å². The number of carbonyl (C=O) groups excluding carboxylic acids is 1. The lowest BCUT2D eigenvalue weighted by molar-refractivity contribution is -0.124. The zero-order valence-electron chi connectivity index (χ0n) is 12.3. The highest BCUT2D eigenvalue weighted by Gasteiger charge is 2.23. The molecule has 1 unspecified atom stereocenters. The fraction of sp³-hybridized carbons (Fsp3) is 0.429. The molecular weight excluding hydrogens is 290 g/mol. The summed E-state index contributed by atoms with van der Waals surface area (Å²) in [5.74, 6) is -0.776. The van der Waals surface area contributed by atoms with Crippen LogP contribution in [0, 0.1) is 17.2 Å². The molecule has 0 heterocycles. The van der Waals surface area contributed by atoms with Gasteiger partial charge in [-0.2, -0.15) is 5.26 Å². The number of amides is 1. The van der Waals surface area contributed by atoms with Crippen molar-refractivity contribution in [3.05, 3.63) is 35.4 Å². The average molecular weight is 309 g/mol. The lowest BCUT2D eigenvalue weighted by Gasteiger charge is -2.20. The maximum Gasteiger partial charge on any atom is 0.223 e. The largest absolute Gasteiger partial charge is 0.359 e. The minimum Gasteiger partial charge on any atom is -0.359 e. The molecule has 114 valence electrons. The number of nitrogens with zero attached hydrogens (tertiary/aromatic N) is 2. The Hall–Kier alpha value is -1.91. The molecule has 0 saturated heterocycles. The van der Waals surface area contributed by atoms with Gasteiger partial charge in [-0.25, -0.2) is 12.7 Å². The van der Waals surface area contributed by atoms with E-state index in [9.17, 15) is 13.2 Å². The average Bonchev–Trinajstić information content (AvgIpc) is 2.46. The zero-order valence-corrected chi connectivity index (χ0v) is 13.1. The first kappa shape index (κ1) is 17.1. The van der Waals surface area contributed by atoms with Gasteiger partial charge in [-0.05, 0) is 17.7 Å². The number of nitrogens with one attached hydrogen (secondary N) is 1. The monoisotopic (exact) mass is 309 g/mol. The molecule has 0 aliphatic carbocycles. The van der Waals surface area contributed by atoms with E-state index in [4.69, 9.17) is 5.26 Å². The van der Waals surface area contributed by atoms with Crippen LogP contribution < -0.4 is 5.32 Å². The highest BCUT2D eigenvalue weighted by atomic mass is 32.2. The van der Waals surface area contributed by atoms with E-state index in [-0.39, 0.29) is 18.2 Å². The van der Waals surface area contributed by atoms with Crippen molar-refractivity contribution in [2.24, 2.45) is 5.92 Å². The van der Waals surface area contributed by atoms with Gasteiger partial charge in [-0.15, -0.1) is 0 Å². The Morgan fingerprint density at radius 1 is 1.38 bits per heavy atom. The number of rotatable bonds is 6. The molecule has 1 atom stereocenters. The predicted molar refractivity (Wildman–Crippen MR) is 79.6 cm³/mol. The standard InChI is InChI=1S/C14H19N3O3S/c1-11(14(18)16-2)9-17(3)21(19,20)10-13-6-4-12(8-15)5-7-13/h4-7,11H,9-10H2,1-3H3,(H,16,18). The predicted octanol–water partition coefficient (Wildman–Crippen LogP) is 0.702. The Morgan fingerprint density at radius 3 is 2.43 bits per heavy atom. The molecule has 1 aromatic rings. The van der Waals surface area contributed by atoms with Gasteiger partial charge in [0.15, 0.2) is 0 Å². The quantitative estimate of drug-likeness (QED) is 0.837. The first-order valence-electron chi connectivity index (χ1n) is 6.44. The van der Waals surface area contributed by atoms with Crippen molar-refractivity contribution in [2.45, 2.75) is 12.7 Å². The molecule has 0 saturated carbocycles. The molecule has 0 radical (unpaired) electrons. The Balaban J connectivity index is 2.76. The Morgan fingerprint density at radius 2 is 1.95 bits per heavy atom. The van der Waals surface area contributed by atoms with Crippen molar-refractivity contribution < 1.29 is 13.2 Å². The molecule has 6 nitrogen and oxygen atoms in total. The van der Waals surface area contributed by atoms with E-state index >= 15 is 0 Å². The molecule has 21 heavy (non-hydrogen) atoms. The summed E-state index contributed by atoms with van der Waals surface area (Å²) in [4.78, 5) is 11.4. The summed E-state index contributed by atoms with van der Waals surface area (Å²) in [6.07, 6.45) is 0. The van der Waals surface area contributed by atoms with Gasteiger partial charge < -0.3 is 5.32 Å². The molecule has 1 aromatic carbocycles. The molecule has 7 heteroatoms. The van der Waals surface area contributed by atoms with Crippen molar-refractivity contribution in [3.63, 3.8) is 0 Å². The maximum atomic E-state index is 12.2. The van der Waals surface area contributed by atoms with E-state index in [2.05, 4.69) is 5.32 Å². The van der Waals surface area contributed by atoms with Crippen molar-refractivity contribution in [1.82, 2.24) is 9.62 Å². The third kappa shape index (κ3) is 4.85. The van der Waals surface area contributed by atoms with Gasteiger partial charge >= 0.3 is 0 Å². The molecule has 0 fully saturated rings. The minimum absolute atomic E-state index is 0.123. The molecule has 0 bridgehead atoms. The van der Waals surface area contributed by atoms with Gasteiger partial charge in [0.2, 0.25) is 15.9 Å². The highest BCUT2D eigenvalue weighted by Crippen LogP contribution is 2.12. The molecule has 0 aliphatic heterocycles. The number of benzene rings is 1. The number of sulfonamides is 1. The fourth-order valence-electron chi connectivity index (χ4n) is 1.82. The lowest BCUT2D eigenvalue weighted by Crippen LogP contribution is -2.37. The lowest BCUT2D eigenvalue weighted by atomic mass is 10.2. The van der Waals surface area contributed by atoms with Gasteiger partial charge in [0, 0.05) is 26.6 Å². The summed E-state index contributed by atoms with van der Waals surface area (Å²) in [5.41, 5.74) is 1.09. The van der Waals surface area contributed by atoms with Crippen LogP contribution in [0.1, 0.15) is 18.1 Å². The molecule has 1 amide bonds. The molecular formula is C14H19N3O3S. The highest BCUT2D eigenvalue weighted by molar-refractivity contribution is 7.88. The maximum absolute atomic E-state index is 12.2. The normalized spacial score (nSPS) is 12.7. The van der Waals surface area contributed by atoms with Crippen LogP contribution in [-0.2, 0) is 20.6 Å². The van der Waals surface area contributed by atoms with Crippen LogP contribution in [0.25, 0.3) is 0 Å². The number of hydrogen-bond acceptors (Lipinski definition) is 4. The van der Waals surface area contributed by atoms with E-state index in [0.29, 0.717) is 11.1 Å². The number of hydrogen-bond donors (Lipinski definition) is 1. The van der Waals surface area contributed by atoms with Crippen LogP contribution in [0.5, 0.6) is 0 Å². The third-order valence-corrected chi connectivity index (χ3v) is 4.93. The summed E-state index contributed by atoms with van der Waals surface area (Å²) >= 11 is 0. The Labute approximate surface area is 125 Å². The van der Waals surface area contributed by atoms with Crippen molar-refractivity contribution in [3.8, 4) is 6.07 Å². The molecule has 0 spiro atoms. The Bertz CT molecular complexity index is 632. The second-order valence-corrected chi connectivity index (χ2v) is 6.94. The smallest absolute Gasteiger partial charge is 0.223 e. The topological polar surface area (TPSA) is 90.3 Å². The van der Waals surface area contributed by atoms with Crippen molar-refractivity contribution in [1.29, 1.82) is 5.26 Å². The second kappa shape index (κ2) is 7.20. The van der Waals surface area contributed by atoms with E-state index < -0.39 is 15.9 Å². The zero-order chi connectivity index (χ0) is 16.0. The summed E-state index contributed by atoms with van der Waals surface area (Å²) in [5, 5.41) is 11.2. The summed E-state index contributed by atoms with van der Waals surface area (Å²) in [6.45, 7) is 1.80. The number of nitriles is 1. The van der Waals surface area contributed by atoms with E-state index in [1.165, 1.54) is 18.4 Å². The molecule has 1 rings (SSSR count). The first-order valence-corrected chi connectivity index (χ1v) is 8.05. The van der Waals surface area contributed by atoms with Crippen LogP contribution in [-0.4, -0.2) is 39.3 Å². The van der Waals surface area contributed by atoms with Gasteiger partial charge in [0.1, 0.15) is 0 Å². The summed E-state index contributed by atoms with van der Waals surface area (Å²) < 4.78 is 25.6. The SMILES string of the molecule is CNC(=O)C(C)CN(C)S(=O)(=O)Cc1ccc(C#N)cc1. The van der Waals surface area contributed by atoms with Crippen LogP contribution in [0.15, 0.2) is 24.3 Å². The van der Waals surface area contributed by atoms with Gasteiger partial charge in [0.25, 0.3) is 0 Å². The summed E-state index contributed by atoms with van der Waals surface area (Å²) in [6, 6.07) is 8.38. The minimum atomic E-state index is -3.50. The molecule has 0 aromatic heterocycles.